The first-order valence-electron chi connectivity index (χ1n) is 25.5. The highest BCUT2D eigenvalue weighted by Crippen LogP contribution is 2.33. The van der Waals surface area contributed by atoms with Crippen LogP contribution in [-0.4, -0.2) is 193 Å². The number of aliphatic imine (C=N–C) groups is 1. The molecule has 1 aliphatic heterocycles. The molecule has 1 atom stereocenters. The maximum absolute atomic E-state index is 14.0. The Morgan fingerprint density at radius 2 is 1.11 bits per heavy atom. The van der Waals surface area contributed by atoms with Crippen molar-refractivity contribution in [3.8, 4) is 16.9 Å². The predicted octanol–water partition coefficient (Wildman–Crippen LogP) is 4.41. The standard InChI is InChI=1S/C51H70F4N6O17S/c1-3-9-61(77-4-2)51(64)38-30-37-6-5-36(31-40(37)60-41(56)32-38)39-33-57-42(58-34-39)35-59-43(62)7-10-67-12-14-69-16-18-71-20-22-73-24-26-75-28-29-76-27-25-74-23-21-72-19-17-70-15-13-68-11-8-44(63)78-49-45(52)47(54)50(79(65)66)48(55)46(49)53/h5-6,30-31,33-34H,3-4,7-29,32,35H2,1-2H3,(H2,56,60)(H,59,62)(H,65,66). The Labute approximate surface area is 457 Å². The van der Waals surface area contributed by atoms with Gasteiger partial charge in [-0.25, -0.2) is 33.0 Å². The predicted molar refractivity (Wildman–Crippen MR) is 275 cm³/mol. The van der Waals surface area contributed by atoms with Gasteiger partial charge in [-0.1, -0.05) is 19.1 Å². The number of nitrogens with zero attached hydrogens (tertiary/aromatic N) is 4. The van der Waals surface area contributed by atoms with Crippen molar-refractivity contribution in [3.63, 3.8) is 0 Å². The van der Waals surface area contributed by atoms with Crippen LogP contribution in [0.15, 0.2) is 46.1 Å². The van der Waals surface area contributed by atoms with Gasteiger partial charge >= 0.3 is 5.97 Å². The molecule has 2 aromatic carbocycles. The largest absolute Gasteiger partial charge is 0.420 e. The summed E-state index contributed by atoms with van der Waals surface area (Å²) in [6.45, 7) is 10.8. The summed E-state index contributed by atoms with van der Waals surface area (Å²) >= 11 is -3.36. The molecule has 1 aliphatic rings. The van der Waals surface area contributed by atoms with Gasteiger partial charge in [0.15, 0.2) is 22.7 Å². The van der Waals surface area contributed by atoms with Crippen molar-refractivity contribution in [1.82, 2.24) is 20.3 Å². The quantitative estimate of drug-likeness (QED) is 0.0135. The molecule has 3 aromatic rings. The number of esters is 1. The van der Waals surface area contributed by atoms with E-state index in [1.807, 2.05) is 32.0 Å². The zero-order chi connectivity index (χ0) is 57.0. The molecule has 2 heterocycles. The fourth-order valence-corrected chi connectivity index (χ4v) is 7.20. The van der Waals surface area contributed by atoms with Crippen LogP contribution in [0.5, 0.6) is 5.75 Å². The smallest absolute Gasteiger partial charge is 0.313 e. The Bertz CT molecular complexity index is 2380. The van der Waals surface area contributed by atoms with Crippen LogP contribution in [0.4, 0.5) is 23.2 Å². The molecule has 79 heavy (non-hydrogen) atoms. The van der Waals surface area contributed by atoms with Crippen molar-refractivity contribution in [3.05, 3.63) is 70.8 Å². The van der Waals surface area contributed by atoms with Crippen LogP contribution in [-0.2, 0) is 84.2 Å². The lowest BCUT2D eigenvalue weighted by Crippen LogP contribution is -2.34. The summed E-state index contributed by atoms with van der Waals surface area (Å²) < 4.78 is 134. The van der Waals surface area contributed by atoms with Crippen LogP contribution in [0.3, 0.4) is 0 Å². The Morgan fingerprint density at radius 1 is 0.658 bits per heavy atom. The lowest BCUT2D eigenvalue weighted by atomic mass is 10.0. The van der Waals surface area contributed by atoms with E-state index in [4.69, 9.17) is 62.5 Å². The molecule has 0 spiro atoms. The lowest BCUT2D eigenvalue weighted by Gasteiger charge is -2.21. The van der Waals surface area contributed by atoms with Crippen LogP contribution in [0.2, 0.25) is 0 Å². The Balaban J connectivity index is 0.856. The Hall–Kier alpha value is -5.47. The Kier molecular flexibility index (Phi) is 32.6. The highest BCUT2D eigenvalue weighted by atomic mass is 32.2. The zero-order valence-electron chi connectivity index (χ0n) is 44.3. The maximum atomic E-state index is 14.0. The molecule has 4 N–H and O–H groups in total. The van der Waals surface area contributed by atoms with E-state index in [1.54, 1.807) is 18.5 Å². The van der Waals surface area contributed by atoms with Crippen molar-refractivity contribution in [2.45, 2.75) is 51.0 Å². The van der Waals surface area contributed by atoms with Gasteiger partial charge in [0.1, 0.15) is 16.6 Å². The minimum atomic E-state index is -3.36. The summed E-state index contributed by atoms with van der Waals surface area (Å²) in [4.78, 5) is 54.6. The molecular formula is C51H70F4N6O17S. The van der Waals surface area contributed by atoms with Gasteiger partial charge in [0.2, 0.25) is 23.3 Å². The number of carbonyl (C=O) groups is 3. The van der Waals surface area contributed by atoms with E-state index in [2.05, 4.69) is 25.0 Å². The molecule has 440 valence electrons. The van der Waals surface area contributed by atoms with E-state index in [0.29, 0.717) is 129 Å². The second-order valence-electron chi connectivity index (χ2n) is 16.5. The van der Waals surface area contributed by atoms with Gasteiger partial charge < -0.3 is 67.7 Å². The Morgan fingerprint density at radius 3 is 1.56 bits per heavy atom. The molecular weight excluding hydrogens is 1080 g/mol. The van der Waals surface area contributed by atoms with Gasteiger partial charge in [0.25, 0.3) is 5.91 Å². The maximum Gasteiger partial charge on any atom is 0.313 e. The van der Waals surface area contributed by atoms with Gasteiger partial charge in [-0.3, -0.25) is 19.2 Å². The van der Waals surface area contributed by atoms with Crippen molar-refractivity contribution < 1.29 is 97.7 Å². The van der Waals surface area contributed by atoms with Crippen molar-refractivity contribution in [2.75, 3.05) is 145 Å². The number of nitrogens with two attached hydrogens (primary N) is 1. The summed E-state index contributed by atoms with van der Waals surface area (Å²) in [5.74, 6) is -11.2. The van der Waals surface area contributed by atoms with Crippen LogP contribution in [0.1, 0.15) is 50.9 Å². The number of amidine groups is 1. The van der Waals surface area contributed by atoms with Gasteiger partial charge in [-0.2, -0.15) is 8.78 Å². The third-order valence-electron chi connectivity index (χ3n) is 10.5. The number of halogens is 4. The third kappa shape index (κ3) is 25.3. The molecule has 23 nitrogen and oxygen atoms in total. The molecule has 4 rings (SSSR count). The van der Waals surface area contributed by atoms with E-state index in [1.165, 1.54) is 5.06 Å². The fraction of sp³-hybridized carbons (Fsp3) is 0.569. The third-order valence-corrected chi connectivity index (χ3v) is 11.2. The van der Waals surface area contributed by atoms with Crippen LogP contribution < -0.4 is 15.8 Å². The molecule has 0 saturated heterocycles. The number of benzene rings is 2. The van der Waals surface area contributed by atoms with E-state index in [-0.39, 0.29) is 70.8 Å². The van der Waals surface area contributed by atoms with E-state index in [9.17, 15) is 36.2 Å². The SMILES string of the molecule is CCCN(OCC)C(=O)C1=Cc2ccc(-c3cnc(CNC(=O)CCOCCOCCOCCOCCOCCOCCOCCOCCOCCOCCC(=O)Oc4c(F)c(F)c(S(=O)O)c(F)c4F)nc3)cc2N=C(N)C1. The normalized spacial score (nSPS) is 12.6. The van der Waals surface area contributed by atoms with Crippen molar-refractivity contribution in [2.24, 2.45) is 10.7 Å². The first-order chi connectivity index (χ1) is 38.3. The molecule has 0 bridgehead atoms. The molecule has 2 amide bonds. The molecule has 0 fully saturated rings. The second-order valence-corrected chi connectivity index (χ2v) is 17.4. The van der Waals surface area contributed by atoms with E-state index >= 15 is 0 Å². The topological polar surface area (TPSA) is 279 Å². The number of amides is 2. The molecule has 0 saturated carbocycles. The summed E-state index contributed by atoms with van der Waals surface area (Å²) in [5.41, 5.74) is 9.66. The van der Waals surface area contributed by atoms with E-state index in [0.717, 1.165) is 23.1 Å². The molecule has 1 aromatic heterocycles. The highest BCUT2D eigenvalue weighted by Gasteiger charge is 2.31. The number of aromatic nitrogens is 2. The average Bonchev–Trinajstić information content (AvgIpc) is 3.70. The number of carbonyl (C=O) groups excluding carboxylic acids is 3. The zero-order valence-corrected chi connectivity index (χ0v) is 45.1. The van der Waals surface area contributed by atoms with E-state index < -0.39 is 57.4 Å². The lowest BCUT2D eigenvalue weighted by molar-refractivity contribution is -0.180. The molecule has 0 radical (unpaired) electrons. The number of fused-ring (bicyclic) bond motifs is 1. The summed E-state index contributed by atoms with van der Waals surface area (Å²) in [6, 6.07) is 5.65. The van der Waals surface area contributed by atoms with Crippen LogP contribution in [0, 0.1) is 23.3 Å². The molecule has 1 unspecified atom stereocenters. The van der Waals surface area contributed by atoms with Gasteiger partial charge in [-0.05, 0) is 31.1 Å². The fourth-order valence-electron chi connectivity index (χ4n) is 6.71. The summed E-state index contributed by atoms with van der Waals surface area (Å²) in [6.07, 6.45) is 5.75. The van der Waals surface area contributed by atoms with Crippen LogP contribution >= 0.6 is 0 Å². The molecule has 28 heteroatoms. The second kappa shape index (κ2) is 39.0. The number of hydrogen-bond acceptors (Lipinski definition) is 20. The summed E-state index contributed by atoms with van der Waals surface area (Å²) in [7, 11) is 0. The highest BCUT2D eigenvalue weighted by molar-refractivity contribution is 7.79. The first kappa shape index (κ1) is 66.0. The minimum Gasteiger partial charge on any atom is -0.420 e. The van der Waals surface area contributed by atoms with Gasteiger partial charge in [0.05, 0.1) is 157 Å². The molecule has 0 aliphatic carbocycles. The average molecular weight is 1150 g/mol. The van der Waals surface area contributed by atoms with Crippen molar-refractivity contribution >= 4 is 46.5 Å². The van der Waals surface area contributed by atoms with Crippen molar-refractivity contribution in [1.29, 1.82) is 0 Å². The van der Waals surface area contributed by atoms with Gasteiger partial charge in [0, 0.05) is 48.5 Å². The minimum absolute atomic E-state index is 0.0513. The number of nitrogens with one attached hydrogen (secondary N) is 1. The monoisotopic (exact) mass is 1150 g/mol. The van der Waals surface area contributed by atoms with Crippen LogP contribution in [0.25, 0.3) is 17.2 Å². The number of hydrogen-bond donors (Lipinski definition) is 3. The number of hydroxylamine groups is 2. The summed E-state index contributed by atoms with van der Waals surface area (Å²) in [5, 5.41) is 4.17. The number of ether oxygens (including phenoxy) is 11. The first-order valence-corrected chi connectivity index (χ1v) is 26.6. The van der Waals surface area contributed by atoms with Gasteiger partial charge in [-0.15, -0.1) is 0 Å². The number of rotatable bonds is 43.